The Morgan fingerprint density at radius 3 is 2.68 bits per heavy atom. The predicted molar refractivity (Wildman–Crippen MR) is 86.1 cm³/mol. The third-order valence-corrected chi connectivity index (χ3v) is 4.37. The van der Waals surface area contributed by atoms with Crippen LogP contribution < -0.4 is 0 Å². The summed E-state index contributed by atoms with van der Waals surface area (Å²) in [5.74, 6) is 0. The van der Waals surface area contributed by atoms with Crippen LogP contribution in [0.15, 0.2) is 36.7 Å². The molecule has 0 aliphatic carbocycles. The minimum atomic E-state index is -4.83. The van der Waals surface area contributed by atoms with Crippen LogP contribution in [0.3, 0.4) is 0 Å². The molecular formula is C16H14ClF3N4O. The Bertz CT molecular complexity index is 912. The lowest BCUT2D eigenvalue weighted by Gasteiger charge is -2.26. The molecule has 2 aromatic heterocycles. The highest BCUT2D eigenvalue weighted by Gasteiger charge is 2.55. The van der Waals surface area contributed by atoms with Crippen LogP contribution in [-0.2, 0) is 12.1 Å². The number of halogens is 4. The van der Waals surface area contributed by atoms with Gasteiger partial charge in [0.25, 0.3) is 0 Å². The second kappa shape index (κ2) is 6.27. The number of rotatable bonds is 4. The minimum Gasteiger partial charge on any atom is -0.375 e. The second-order valence-electron chi connectivity index (χ2n) is 5.66. The van der Waals surface area contributed by atoms with Gasteiger partial charge in [0.1, 0.15) is 5.69 Å². The van der Waals surface area contributed by atoms with Crippen molar-refractivity contribution in [3.63, 3.8) is 0 Å². The van der Waals surface area contributed by atoms with Crippen LogP contribution in [-0.4, -0.2) is 31.3 Å². The van der Waals surface area contributed by atoms with Gasteiger partial charge in [-0.2, -0.15) is 13.2 Å². The molecule has 0 saturated carbocycles. The third kappa shape index (κ3) is 3.19. The first kappa shape index (κ1) is 17.6. The maximum atomic E-state index is 13.1. The molecule has 132 valence electrons. The van der Waals surface area contributed by atoms with Gasteiger partial charge in [0, 0.05) is 11.6 Å². The zero-order chi connectivity index (χ0) is 18.2. The molecule has 3 rings (SSSR count). The van der Waals surface area contributed by atoms with E-state index in [4.69, 9.17) is 11.6 Å². The summed E-state index contributed by atoms with van der Waals surface area (Å²) in [7, 11) is 0. The molecule has 1 N–H and O–H groups in total. The van der Waals surface area contributed by atoms with E-state index < -0.39 is 23.9 Å². The van der Waals surface area contributed by atoms with Crippen molar-refractivity contribution in [1.29, 1.82) is 0 Å². The normalized spacial score (nSPS) is 14.6. The number of hydrogen-bond acceptors (Lipinski definition) is 4. The van der Waals surface area contributed by atoms with Crippen LogP contribution in [0.2, 0.25) is 5.02 Å². The summed E-state index contributed by atoms with van der Waals surface area (Å²) < 4.78 is 40.5. The molecule has 0 amide bonds. The number of fused-ring (bicyclic) bond motifs is 1. The monoisotopic (exact) mass is 370 g/mol. The number of pyridine rings is 1. The van der Waals surface area contributed by atoms with Crippen LogP contribution >= 0.6 is 11.6 Å². The Kier molecular flexibility index (Phi) is 4.42. The molecule has 1 aromatic carbocycles. The van der Waals surface area contributed by atoms with E-state index in [1.54, 1.807) is 30.5 Å². The Hall–Kier alpha value is -2.19. The van der Waals surface area contributed by atoms with E-state index in [0.717, 1.165) is 17.1 Å². The molecule has 0 aliphatic heterocycles. The van der Waals surface area contributed by atoms with Crippen molar-refractivity contribution in [1.82, 2.24) is 20.0 Å². The number of alkyl halides is 3. The highest BCUT2D eigenvalue weighted by molar-refractivity contribution is 6.35. The Morgan fingerprint density at radius 1 is 1.24 bits per heavy atom. The smallest absolute Gasteiger partial charge is 0.375 e. The Morgan fingerprint density at radius 2 is 2.00 bits per heavy atom. The first-order valence-corrected chi connectivity index (χ1v) is 7.85. The molecule has 0 radical (unpaired) electrons. The molecular weight excluding hydrogens is 357 g/mol. The van der Waals surface area contributed by atoms with Crippen molar-refractivity contribution in [2.45, 2.75) is 31.7 Å². The standard InChI is InChI=1S/C16H14ClF3N4O/c1-2-15(25,16(18,19)20)14-9-24(23-22-14)8-10-3-4-11-12(17)5-6-21-13(11)7-10/h3-7,9,25H,2,8H2,1H3/t15-/m0/s1. The van der Waals surface area contributed by atoms with Crippen LogP contribution in [0, 0.1) is 0 Å². The predicted octanol–water partition coefficient (Wildman–Crippen LogP) is 3.69. The van der Waals surface area contributed by atoms with Gasteiger partial charge in [-0.15, -0.1) is 5.10 Å². The van der Waals surface area contributed by atoms with Gasteiger partial charge in [-0.25, -0.2) is 4.68 Å². The van der Waals surface area contributed by atoms with Gasteiger partial charge in [-0.05, 0) is 24.1 Å². The number of aromatic nitrogens is 4. The maximum absolute atomic E-state index is 13.1. The van der Waals surface area contributed by atoms with E-state index in [9.17, 15) is 18.3 Å². The molecule has 3 aromatic rings. The number of aliphatic hydroxyl groups is 1. The van der Waals surface area contributed by atoms with E-state index >= 15 is 0 Å². The molecule has 0 unspecified atom stereocenters. The highest BCUT2D eigenvalue weighted by Crippen LogP contribution is 2.40. The number of benzene rings is 1. The SMILES string of the molecule is CC[C@](O)(c1cn(Cc2ccc3c(Cl)ccnc3c2)nn1)C(F)(F)F. The number of hydrogen-bond donors (Lipinski definition) is 1. The summed E-state index contributed by atoms with van der Waals surface area (Å²) in [6, 6.07) is 7.03. The van der Waals surface area contributed by atoms with Crippen molar-refractivity contribution in [2.75, 3.05) is 0 Å². The zero-order valence-electron chi connectivity index (χ0n) is 13.1. The fourth-order valence-corrected chi connectivity index (χ4v) is 2.75. The molecule has 2 heterocycles. The largest absolute Gasteiger partial charge is 0.423 e. The van der Waals surface area contributed by atoms with Gasteiger partial charge < -0.3 is 5.11 Å². The number of nitrogens with zero attached hydrogens (tertiary/aromatic N) is 4. The summed E-state index contributed by atoms with van der Waals surface area (Å²) in [6.07, 6.45) is -2.70. The van der Waals surface area contributed by atoms with Gasteiger partial charge in [0.15, 0.2) is 0 Å². The summed E-state index contributed by atoms with van der Waals surface area (Å²) in [4.78, 5) is 4.22. The third-order valence-electron chi connectivity index (χ3n) is 4.04. The van der Waals surface area contributed by atoms with Crippen molar-refractivity contribution in [2.24, 2.45) is 0 Å². The van der Waals surface area contributed by atoms with Gasteiger partial charge in [-0.3, -0.25) is 4.98 Å². The molecule has 0 saturated heterocycles. The van der Waals surface area contributed by atoms with Crippen molar-refractivity contribution in [3.05, 3.63) is 52.9 Å². The molecule has 0 spiro atoms. The van der Waals surface area contributed by atoms with Crippen molar-refractivity contribution in [3.8, 4) is 0 Å². The van der Waals surface area contributed by atoms with E-state index in [0.29, 0.717) is 10.5 Å². The quantitative estimate of drug-likeness (QED) is 0.760. The van der Waals surface area contributed by atoms with Gasteiger partial charge >= 0.3 is 6.18 Å². The van der Waals surface area contributed by atoms with Gasteiger partial charge in [-0.1, -0.05) is 35.9 Å². The lowest BCUT2D eigenvalue weighted by molar-refractivity contribution is -0.269. The van der Waals surface area contributed by atoms with Crippen molar-refractivity contribution >= 4 is 22.5 Å². The second-order valence-corrected chi connectivity index (χ2v) is 6.06. The summed E-state index contributed by atoms with van der Waals surface area (Å²) in [6.45, 7) is 1.43. The molecule has 25 heavy (non-hydrogen) atoms. The summed E-state index contributed by atoms with van der Waals surface area (Å²) in [5.41, 5.74) is -2.09. The average molecular weight is 371 g/mol. The molecule has 9 heteroatoms. The highest BCUT2D eigenvalue weighted by atomic mass is 35.5. The summed E-state index contributed by atoms with van der Waals surface area (Å²) in [5, 5.41) is 18.5. The van der Waals surface area contributed by atoms with Crippen LogP contribution in [0.25, 0.3) is 10.9 Å². The van der Waals surface area contributed by atoms with E-state index in [2.05, 4.69) is 15.3 Å². The zero-order valence-corrected chi connectivity index (χ0v) is 13.9. The van der Waals surface area contributed by atoms with Gasteiger partial charge in [0.05, 0.1) is 23.3 Å². The topological polar surface area (TPSA) is 63.8 Å². The van der Waals surface area contributed by atoms with Crippen LogP contribution in [0.5, 0.6) is 0 Å². The van der Waals surface area contributed by atoms with Crippen LogP contribution in [0.4, 0.5) is 13.2 Å². The lowest BCUT2D eigenvalue weighted by atomic mass is 9.96. The molecule has 0 aliphatic rings. The van der Waals surface area contributed by atoms with E-state index in [-0.39, 0.29) is 6.54 Å². The Labute approximate surface area is 146 Å². The Balaban J connectivity index is 1.89. The van der Waals surface area contributed by atoms with E-state index in [1.807, 2.05) is 0 Å². The maximum Gasteiger partial charge on any atom is 0.423 e. The minimum absolute atomic E-state index is 0.189. The van der Waals surface area contributed by atoms with Crippen molar-refractivity contribution < 1.29 is 18.3 Å². The molecule has 5 nitrogen and oxygen atoms in total. The molecule has 0 bridgehead atoms. The van der Waals surface area contributed by atoms with E-state index in [1.165, 1.54) is 11.6 Å². The molecule has 1 atom stereocenters. The average Bonchev–Trinajstić information content (AvgIpc) is 3.02. The summed E-state index contributed by atoms with van der Waals surface area (Å²) >= 11 is 6.08. The van der Waals surface area contributed by atoms with Crippen LogP contribution in [0.1, 0.15) is 24.6 Å². The fraction of sp³-hybridized carbons (Fsp3) is 0.312. The first-order chi connectivity index (χ1) is 11.7. The first-order valence-electron chi connectivity index (χ1n) is 7.47. The van der Waals surface area contributed by atoms with Gasteiger partial charge in [0.2, 0.25) is 5.60 Å². The fourth-order valence-electron chi connectivity index (χ4n) is 2.54. The molecule has 0 fully saturated rings. The lowest BCUT2D eigenvalue weighted by Crippen LogP contribution is -2.42.